The molecule has 106 valence electrons. The number of aromatic nitrogens is 2. The maximum Gasteiger partial charge on any atom is 0.225 e. The molecule has 1 aliphatic rings. The predicted octanol–water partition coefficient (Wildman–Crippen LogP) is 2.30. The number of hydrogen-bond donors (Lipinski definition) is 1. The van der Waals surface area contributed by atoms with E-state index >= 15 is 0 Å². The molecule has 19 heavy (non-hydrogen) atoms. The summed E-state index contributed by atoms with van der Waals surface area (Å²) < 4.78 is 0. The quantitative estimate of drug-likeness (QED) is 0.916. The summed E-state index contributed by atoms with van der Waals surface area (Å²) in [6.45, 7) is 11.7. The standard InChI is InChI=1S/C14H24N4S/c1-10(2)15-5-13-6-16-14(17-7-13)18-8-11(3)19-12(4)9-18/h6-7,10-12,15H,5,8-9H2,1-4H3. The van der Waals surface area contributed by atoms with Gasteiger partial charge in [0.1, 0.15) is 0 Å². The average molecular weight is 280 g/mol. The third-order valence-corrected chi connectivity index (χ3v) is 4.34. The van der Waals surface area contributed by atoms with Crippen molar-refractivity contribution in [2.24, 2.45) is 0 Å². The lowest BCUT2D eigenvalue weighted by atomic mass is 10.3. The zero-order valence-corrected chi connectivity index (χ0v) is 13.1. The molecule has 1 aromatic heterocycles. The SMILES string of the molecule is CC(C)NCc1cnc(N2CC(C)SC(C)C2)nc1. The van der Waals surface area contributed by atoms with Gasteiger partial charge in [-0.05, 0) is 0 Å². The molecule has 1 aliphatic heterocycles. The van der Waals surface area contributed by atoms with Crippen LogP contribution >= 0.6 is 11.8 Å². The lowest BCUT2D eigenvalue weighted by Crippen LogP contribution is -2.41. The smallest absolute Gasteiger partial charge is 0.225 e. The fourth-order valence-corrected chi connectivity index (χ4v) is 3.59. The van der Waals surface area contributed by atoms with Crippen LogP contribution in [-0.4, -0.2) is 39.6 Å². The molecule has 2 unspecified atom stereocenters. The summed E-state index contributed by atoms with van der Waals surface area (Å²) in [5, 5.41) is 4.67. The first kappa shape index (κ1) is 14.6. The molecule has 0 amide bonds. The molecular weight excluding hydrogens is 256 g/mol. The van der Waals surface area contributed by atoms with Crippen LogP contribution < -0.4 is 10.2 Å². The molecule has 0 radical (unpaired) electrons. The van der Waals surface area contributed by atoms with Crippen molar-refractivity contribution in [3.63, 3.8) is 0 Å². The van der Waals surface area contributed by atoms with Gasteiger partial charge in [-0.25, -0.2) is 9.97 Å². The van der Waals surface area contributed by atoms with Gasteiger partial charge in [0.15, 0.2) is 0 Å². The zero-order valence-electron chi connectivity index (χ0n) is 12.3. The van der Waals surface area contributed by atoms with E-state index in [-0.39, 0.29) is 0 Å². The van der Waals surface area contributed by atoms with Gasteiger partial charge in [0, 0.05) is 54.1 Å². The minimum Gasteiger partial charge on any atom is -0.339 e. The Hall–Kier alpha value is -0.810. The first-order valence-corrected chi connectivity index (χ1v) is 7.93. The zero-order chi connectivity index (χ0) is 13.8. The van der Waals surface area contributed by atoms with Gasteiger partial charge in [-0.15, -0.1) is 0 Å². The van der Waals surface area contributed by atoms with Crippen molar-refractivity contribution >= 4 is 17.7 Å². The topological polar surface area (TPSA) is 41.1 Å². The fraction of sp³-hybridized carbons (Fsp3) is 0.714. The summed E-state index contributed by atoms with van der Waals surface area (Å²) in [6, 6.07) is 0.487. The van der Waals surface area contributed by atoms with Crippen molar-refractivity contribution in [2.75, 3.05) is 18.0 Å². The maximum atomic E-state index is 4.51. The van der Waals surface area contributed by atoms with Crippen molar-refractivity contribution in [3.05, 3.63) is 18.0 Å². The lowest BCUT2D eigenvalue weighted by Gasteiger charge is -2.34. The summed E-state index contributed by atoms with van der Waals surface area (Å²) in [5.74, 6) is 0.868. The van der Waals surface area contributed by atoms with Crippen LogP contribution in [-0.2, 0) is 6.54 Å². The molecule has 0 aromatic carbocycles. The summed E-state index contributed by atoms with van der Waals surface area (Å²) >= 11 is 2.05. The molecule has 0 spiro atoms. The number of rotatable bonds is 4. The molecular formula is C14H24N4S. The third kappa shape index (κ3) is 4.35. The van der Waals surface area contributed by atoms with E-state index in [1.807, 2.05) is 24.2 Å². The van der Waals surface area contributed by atoms with Crippen LogP contribution in [0.5, 0.6) is 0 Å². The van der Waals surface area contributed by atoms with Crippen molar-refractivity contribution in [2.45, 2.75) is 50.8 Å². The minimum absolute atomic E-state index is 0.487. The van der Waals surface area contributed by atoms with Crippen LogP contribution in [0.25, 0.3) is 0 Å². The van der Waals surface area contributed by atoms with Crippen molar-refractivity contribution in [1.82, 2.24) is 15.3 Å². The van der Waals surface area contributed by atoms with E-state index in [4.69, 9.17) is 0 Å². The first-order chi connectivity index (χ1) is 9.04. The fourth-order valence-electron chi connectivity index (χ4n) is 2.27. The van der Waals surface area contributed by atoms with Crippen LogP contribution in [0.3, 0.4) is 0 Å². The molecule has 1 aromatic rings. The Bertz CT molecular complexity index is 383. The molecule has 4 nitrogen and oxygen atoms in total. The van der Waals surface area contributed by atoms with Gasteiger partial charge >= 0.3 is 0 Å². The van der Waals surface area contributed by atoms with Crippen LogP contribution in [0.1, 0.15) is 33.3 Å². The predicted molar refractivity (Wildman–Crippen MR) is 82.7 cm³/mol. The van der Waals surface area contributed by atoms with Crippen LogP contribution in [0.15, 0.2) is 12.4 Å². The molecule has 1 fully saturated rings. The molecule has 0 bridgehead atoms. The van der Waals surface area contributed by atoms with Gasteiger partial charge < -0.3 is 10.2 Å². The summed E-state index contributed by atoms with van der Waals surface area (Å²) in [5.41, 5.74) is 1.14. The van der Waals surface area contributed by atoms with Gasteiger partial charge in [0.2, 0.25) is 5.95 Å². The largest absolute Gasteiger partial charge is 0.339 e. The second kappa shape index (κ2) is 6.57. The van der Waals surface area contributed by atoms with E-state index in [0.29, 0.717) is 16.5 Å². The number of anilines is 1. The van der Waals surface area contributed by atoms with E-state index in [2.05, 4.69) is 47.9 Å². The molecule has 2 atom stereocenters. The molecule has 5 heteroatoms. The van der Waals surface area contributed by atoms with Gasteiger partial charge in [0.05, 0.1) is 0 Å². The van der Waals surface area contributed by atoms with Gasteiger partial charge in [-0.1, -0.05) is 27.7 Å². The van der Waals surface area contributed by atoms with E-state index in [1.165, 1.54) is 0 Å². The third-order valence-electron chi connectivity index (χ3n) is 3.11. The minimum atomic E-state index is 0.487. The van der Waals surface area contributed by atoms with Gasteiger partial charge in [-0.2, -0.15) is 11.8 Å². The number of thioether (sulfide) groups is 1. The first-order valence-electron chi connectivity index (χ1n) is 6.99. The Morgan fingerprint density at radius 1 is 1.26 bits per heavy atom. The highest BCUT2D eigenvalue weighted by Gasteiger charge is 2.23. The van der Waals surface area contributed by atoms with E-state index < -0.39 is 0 Å². The Kier molecular flexibility index (Phi) is 5.05. The number of nitrogens with one attached hydrogen (secondary N) is 1. The van der Waals surface area contributed by atoms with E-state index in [0.717, 1.165) is 31.1 Å². The summed E-state index contributed by atoms with van der Waals surface area (Å²) in [6.07, 6.45) is 3.88. The van der Waals surface area contributed by atoms with Gasteiger partial charge in [0.25, 0.3) is 0 Å². The maximum absolute atomic E-state index is 4.51. The second-order valence-corrected chi connectivity index (χ2v) is 7.47. The average Bonchev–Trinajstić information content (AvgIpc) is 2.36. The summed E-state index contributed by atoms with van der Waals surface area (Å²) in [7, 11) is 0. The van der Waals surface area contributed by atoms with Crippen molar-refractivity contribution in [1.29, 1.82) is 0 Å². The molecule has 0 aliphatic carbocycles. The Morgan fingerprint density at radius 3 is 2.37 bits per heavy atom. The molecule has 1 saturated heterocycles. The van der Waals surface area contributed by atoms with E-state index in [9.17, 15) is 0 Å². The molecule has 0 saturated carbocycles. The Balaban J connectivity index is 1.97. The van der Waals surface area contributed by atoms with Crippen molar-refractivity contribution < 1.29 is 0 Å². The summed E-state index contributed by atoms with van der Waals surface area (Å²) in [4.78, 5) is 11.3. The molecule has 2 heterocycles. The van der Waals surface area contributed by atoms with E-state index in [1.54, 1.807) is 0 Å². The second-order valence-electron chi connectivity index (χ2n) is 5.59. The normalized spacial score (nSPS) is 23.9. The van der Waals surface area contributed by atoms with Crippen molar-refractivity contribution in [3.8, 4) is 0 Å². The molecule has 2 rings (SSSR count). The highest BCUT2D eigenvalue weighted by molar-refractivity contribution is 8.00. The van der Waals surface area contributed by atoms with Crippen LogP contribution in [0, 0.1) is 0 Å². The van der Waals surface area contributed by atoms with Crippen LogP contribution in [0.2, 0.25) is 0 Å². The highest BCUT2D eigenvalue weighted by Crippen LogP contribution is 2.26. The Labute approximate surface area is 120 Å². The molecule has 1 N–H and O–H groups in total. The van der Waals surface area contributed by atoms with Gasteiger partial charge in [-0.3, -0.25) is 0 Å². The number of nitrogens with zero attached hydrogens (tertiary/aromatic N) is 3. The van der Waals surface area contributed by atoms with Crippen LogP contribution in [0.4, 0.5) is 5.95 Å². The highest BCUT2D eigenvalue weighted by atomic mass is 32.2. The lowest BCUT2D eigenvalue weighted by molar-refractivity contribution is 0.586. The number of hydrogen-bond acceptors (Lipinski definition) is 5. The monoisotopic (exact) mass is 280 g/mol. The Morgan fingerprint density at radius 2 is 1.84 bits per heavy atom.